The maximum absolute atomic E-state index is 14.6. The quantitative estimate of drug-likeness (QED) is 0.832. The summed E-state index contributed by atoms with van der Waals surface area (Å²) in [5.74, 6) is -0.505. The van der Waals surface area contributed by atoms with Crippen LogP contribution in [0.5, 0.6) is 0 Å². The van der Waals surface area contributed by atoms with Crippen LogP contribution in [0.1, 0.15) is 18.4 Å². The number of rotatable bonds is 5. The fraction of sp³-hybridized carbons (Fsp3) is 0.381. The number of carbonyl (C=O) groups is 1. The average molecular weight is 390 g/mol. The van der Waals surface area contributed by atoms with E-state index in [1.54, 1.807) is 30.3 Å². The maximum Gasteiger partial charge on any atom is 0.228 e. The standard InChI is InChI=1S/C21H25ClFN3O/c1-25(2)18-8-10-26(11-9-18)20-7-6-17(14-19(20)23)24-21(27)13-15-4-3-5-16(22)12-15/h3-7,12,14,18H,8-11,13H2,1-2H3,(H,24,27). The Morgan fingerprint density at radius 3 is 2.59 bits per heavy atom. The molecule has 1 aliphatic heterocycles. The van der Waals surface area contributed by atoms with E-state index in [1.807, 2.05) is 6.07 Å². The molecule has 27 heavy (non-hydrogen) atoms. The van der Waals surface area contributed by atoms with Crippen LogP contribution >= 0.6 is 11.6 Å². The highest BCUT2D eigenvalue weighted by molar-refractivity contribution is 6.30. The van der Waals surface area contributed by atoms with Gasteiger partial charge in [0, 0.05) is 29.8 Å². The molecule has 2 aromatic carbocycles. The molecule has 3 rings (SSSR count). The van der Waals surface area contributed by atoms with Gasteiger partial charge in [0.15, 0.2) is 0 Å². The average Bonchev–Trinajstić information content (AvgIpc) is 2.62. The Hall–Kier alpha value is -2.11. The van der Waals surface area contributed by atoms with E-state index in [-0.39, 0.29) is 18.1 Å². The highest BCUT2D eigenvalue weighted by atomic mass is 35.5. The molecular formula is C21H25ClFN3O. The van der Waals surface area contributed by atoms with Crippen molar-refractivity contribution < 1.29 is 9.18 Å². The Kier molecular flexibility index (Phi) is 6.34. The summed E-state index contributed by atoms with van der Waals surface area (Å²) in [7, 11) is 4.17. The molecule has 0 radical (unpaired) electrons. The third kappa shape index (κ3) is 5.21. The Balaban J connectivity index is 1.60. The van der Waals surface area contributed by atoms with Crippen molar-refractivity contribution in [1.29, 1.82) is 0 Å². The number of hydrogen-bond donors (Lipinski definition) is 1. The lowest BCUT2D eigenvalue weighted by atomic mass is 10.0. The van der Waals surface area contributed by atoms with Gasteiger partial charge in [-0.3, -0.25) is 4.79 Å². The number of hydrogen-bond acceptors (Lipinski definition) is 3. The van der Waals surface area contributed by atoms with E-state index in [2.05, 4.69) is 29.2 Å². The number of carbonyl (C=O) groups excluding carboxylic acids is 1. The highest BCUT2D eigenvalue weighted by Gasteiger charge is 2.22. The smallest absolute Gasteiger partial charge is 0.228 e. The number of anilines is 2. The molecule has 0 saturated carbocycles. The van der Waals surface area contributed by atoms with Crippen molar-refractivity contribution in [1.82, 2.24) is 4.90 Å². The van der Waals surface area contributed by atoms with Gasteiger partial charge in [0.25, 0.3) is 0 Å². The van der Waals surface area contributed by atoms with Gasteiger partial charge in [0.1, 0.15) is 5.82 Å². The van der Waals surface area contributed by atoms with Crippen molar-refractivity contribution >= 4 is 28.9 Å². The molecule has 2 aromatic rings. The molecule has 0 aromatic heterocycles. The first-order valence-electron chi connectivity index (χ1n) is 9.17. The molecule has 1 heterocycles. The van der Waals surface area contributed by atoms with Gasteiger partial charge >= 0.3 is 0 Å². The van der Waals surface area contributed by atoms with E-state index in [1.165, 1.54) is 6.07 Å². The molecule has 1 fully saturated rings. The molecule has 0 spiro atoms. The molecule has 1 amide bonds. The minimum atomic E-state index is -0.307. The van der Waals surface area contributed by atoms with E-state index in [0.29, 0.717) is 22.4 Å². The predicted octanol–water partition coefficient (Wildman–Crippen LogP) is 4.19. The molecule has 0 unspecified atom stereocenters. The van der Waals surface area contributed by atoms with Crippen molar-refractivity contribution in [2.75, 3.05) is 37.4 Å². The van der Waals surface area contributed by atoms with Gasteiger partial charge in [0.2, 0.25) is 5.91 Å². The lowest BCUT2D eigenvalue weighted by molar-refractivity contribution is -0.115. The molecule has 1 aliphatic rings. The molecular weight excluding hydrogens is 365 g/mol. The Bertz CT molecular complexity index is 804. The summed E-state index contributed by atoms with van der Waals surface area (Å²) in [5.41, 5.74) is 1.88. The number of piperidine rings is 1. The van der Waals surface area contributed by atoms with Crippen molar-refractivity contribution in [3.63, 3.8) is 0 Å². The first kappa shape index (κ1) is 19.6. The van der Waals surface area contributed by atoms with E-state index in [4.69, 9.17) is 11.6 Å². The first-order chi connectivity index (χ1) is 12.9. The summed E-state index contributed by atoms with van der Waals surface area (Å²) in [6.45, 7) is 1.67. The predicted molar refractivity (Wildman–Crippen MR) is 109 cm³/mol. The molecule has 1 N–H and O–H groups in total. The number of halogens is 2. The van der Waals surface area contributed by atoms with Gasteiger partial charge in [-0.1, -0.05) is 23.7 Å². The molecule has 0 bridgehead atoms. The summed E-state index contributed by atoms with van der Waals surface area (Å²) in [6.07, 6.45) is 2.23. The fourth-order valence-corrected chi connectivity index (χ4v) is 3.71. The second-order valence-corrected chi connectivity index (χ2v) is 7.64. The van der Waals surface area contributed by atoms with Crippen LogP contribution in [-0.4, -0.2) is 44.0 Å². The monoisotopic (exact) mass is 389 g/mol. The lowest BCUT2D eigenvalue weighted by Gasteiger charge is -2.36. The van der Waals surface area contributed by atoms with Crippen LogP contribution in [0.15, 0.2) is 42.5 Å². The van der Waals surface area contributed by atoms with Crippen LogP contribution in [0.2, 0.25) is 5.02 Å². The summed E-state index contributed by atoms with van der Waals surface area (Å²) in [4.78, 5) is 16.5. The normalized spacial score (nSPS) is 15.2. The molecule has 0 atom stereocenters. The van der Waals surface area contributed by atoms with Gasteiger partial charge in [-0.15, -0.1) is 0 Å². The minimum absolute atomic E-state index is 0.196. The van der Waals surface area contributed by atoms with Crippen LogP contribution in [0, 0.1) is 5.82 Å². The third-order valence-electron chi connectivity index (χ3n) is 5.02. The molecule has 144 valence electrons. The molecule has 0 aliphatic carbocycles. The van der Waals surface area contributed by atoms with Crippen molar-refractivity contribution in [3.8, 4) is 0 Å². The van der Waals surface area contributed by atoms with Crippen molar-refractivity contribution in [3.05, 3.63) is 58.9 Å². The second-order valence-electron chi connectivity index (χ2n) is 7.20. The zero-order valence-electron chi connectivity index (χ0n) is 15.7. The van der Waals surface area contributed by atoms with Crippen LogP contribution in [0.3, 0.4) is 0 Å². The molecule has 1 saturated heterocycles. The highest BCUT2D eigenvalue weighted by Crippen LogP contribution is 2.27. The number of nitrogens with one attached hydrogen (secondary N) is 1. The number of nitrogens with zero attached hydrogens (tertiary/aromatic N) is 2. The molecule has 6 heteroatoms. The molecule has 4 nitrogen and oxygen atoms in total. The van der Waals surface area contributed by atoms with Gasteiger partial charge in [-0.2, -0.15) is 0 Å². The topological polar surface area (TPSA) is 35.6 Å². The van der Waals surface area contributed by atoms with Gasteiger partial charge in [0.05, 0.1) is 12.1 Å². The third-order valence-corrected chi connectivity index (χ3v) is 5.26. The summed E-state index contributed by atoms with van der Waals surface area (Å²) in [6, 6.07) is 12.6. The minimum Gasteiger partial charge on any atom is -0.369 e. The largest absolute Gasteiger partial charge is 0.369 e. The number of amides is 1. The second kappa shape index (κ2) is 8.72. The zero-order valence-corrected chi connectivity index (χ0v) is 16.5. The van der Waals surface area contributed by atoms with E-state index in [0.717, 1.165) is 31.5 Å². The lowest BCUT2D eigenvalue weighted by Crippen LogP contribution is -2.42. The maximum atomic E-state index is 14.6. The first-order valence-corrected chi connectivity index (χ1v) is 9.55. The van der Waals surface area contributed by atoms with E-state index >= 15 is 0 Å². The van der Waals surface area contributed by atoms with Gasteiger partial charge in [-0.05, 0) is 62.8 Å². The van der Waals surface area contributed by atoms with Crippen LogP contribution < -0.4 is 10.2 Å². The van der Waals surface area contributed by atoms with Gasteiger partial charge in [-0.25, -0.2) is 4.39 Å². The van der Waals surface area contributed by atoms with Gasteiger partial charge < -0.3 is 15.1 Å². The van der Waals surface area contributed by atoms with Crippen LogP contribution in [-0.2, 0) is 11.2 Å². The Morgan fingerprint density at radius 2 is 1.96 bits per heavy atom. The SMILES string of the molecule is CN(C)C1CCN(c2ccc(NC(=O)Cc3cccc(Cl)c3)cc2F)CC1. The zero-order chi connectivity index (χ0) is 19.4. The van der Waals surface area contributed by atoms with E-state index < -0.39 is 0 Å². The number of benzene rings is 2. The fourth-order valence-electron chi connectivity index (χ4n) is 3.50. The summed E-state index contributed by atoms with van der Waals surface area (Å²) in [5, 5.41) is 3.35. The van der Waals surface area contributed by atoms with Crippen LogP contribution in [0.25, 0.3) is 0 Å². The summed E-state index contributed by atoms with van der Waals surface area (Å²) >= 11 is 5.94. The van der Waals surface area contributed by atoms with Crippen molar-refractivity contribution in [2.45, 2.75) is 25.3 Å². The van der Waals surface area contributed by atoms with E-state index in [9.17, 15) is 9.18 Å². The van der Waals surface area contributed by atoms with Crippen molar-refractivity contribution in [2.24, 2.45) is 0 Å². The Morgan fingerprint density at radius 1 is 1.22 bits per heavy atom. The van der Waals surface area contributed by atoms with Crippen LogP contribution in [0.4, 0.5) is 15.8 Å². The Labute approximate surface area is 164 Å². The summed E-state index contributed by atoms with van der Waals surface area (Å²) < 4.78 is 14.6.